The number of halogens is 3. The van der Waals surface area contributed by atoms with Crippen molar-refractivity contribution in [2.45, 2.75) is 19.0 Å². The Bertz CT molecular complexity index is 674. The highest BCUT2D eigenvalue weighted by Gasteiger charge is 2.32. The lowest BCUT2D eigenvalue weighted by Crippen LogP contribution is -2.47. The van der Waals surface area contributed by atoms with Crippen molar-refractivity contribution in [3.05, 3.63) is 23.8 Å². The summed E-state index contributed by atoms with van der Waals surface area (Å²) < 4.78 is 39.1. The number of aliphatic carboxylic acids is 1. The van der Waals surface area contributed by atoms with E-state index >= 15 is 0 Å². The summed E-state index contributed by atoms with van der Waals surface area (Å²) in [6.07, 6.45) is -5.28. The van der Waals surface area contributed by atoms with Gasteiger partial charge in [-0.05, 0) is 18.2 Å². The van der Waals surface area contributed by atoms with Gasteiger partial charge in [-0.1, -0.05) is 0 Å². The molecule has 1 saturated heterocycles. The molecule has 1 aliphatic rings. The number of amides is 1. The van der Waals surface area contributed by atoms with Gasteiger partial charge in [-0.15, -0.1) is 0 Å². The number of nitrogens with zero attached hydrogens (tertiary/aromatic N) is 2. The van der Waals surface area contributed by atoms with E-state index in [1.54, 1.807) is 0 Å². The van der Waals surface area contributed by atoms with Crippen molar-refractivity contribution < 1.29 is 33.0 Å². The van der Waals surface area contributed by atoms with E-state index in [0.717, 1.165) is 12.1 Å². The predicted octanol–water partition coefficient (Wildman–Crippen LogP) is 1.62. The number of rotatable bonds is 7. The van der Waals surface area contributed by atoms with Crippen LogP contribution in [0.15, 0.2) is 18.2 Å². The molecule has 1 aliphatic heterocycles. The van der Waals surface area contributed by atoms with Crippen LogP contribution < -0.4 is 10.2 Å². The summed E-state index contributed by atoms with van der Waals surface area (Å²) in [5.41, 5.74) is -0.426. The Balaban J connectivity index is 2.20. The molecule has 0 atom stereocenters. The average molecular weight is 389 g/mol. The van der Waals surface area contributed by atoms with Gasteiger partial charge in [0.2, 0.25) is 5.91 Å². The van der Waals surface area contributed by atoms with Crippen molar-refractivity contribution in [2.24, 2.45) is 0 Å². The molecular formula is C17H22F3N3O4. The zero-order valence-electron chi connectivity index (χ0n) is 14.6. The van der Waals surface area contributed by atoms with Crippen molar-refractivity contribution >= 4 is 23.3 Å². The molecule has 0 aromatic heterocycles. The first-order chi connectivity index (χ1) is 12.7. The molecule has 1 fully saturated rings. The second-order valence-corrected chi connectivity index (χ2v) is 6.22. The topological polar surface area (TPSA) is 93.1 Å². The fourth-order valence-electron chi connectivity index (χ4n) is 2.88. The fraction of sp³-hybridized carbons (Fsp3) is 0.529. The first-order valence-corrected chi connectivity index (χ1v) is 8.51. The Hall–Kier alpha value is -2.33. The van der Waals surface area contributed by atoms with Crippen LogP contribution in [0.3, 0.4) is 0 Å². The van der Waals surface area contributed by atoms with Crippen LogP contribution in [0.4, 0.5) is 24.5 Å². The van der Waals surface area contributed by atoms with Crippen molar-refractivity contribution in [1.82, 2.24) is 4.90 Å². The molecule has 0 spiro atoms. The number of aliphatic hydroxyl groups is 1. The molecule has 0 aliphatic carbocycles. The van der Waals surface area contributed by atoms with E-state index in [2.05, 4.69) is 5.32 Å². The van der Waals surface area contributed by atoms with E-state index < -0.39 is 30.0 Å². The molecule has 1 aromatic carbocycles. The molecular weight excluding hydrogens is 367 g/mol. The molecule has 10 heteroatoms. The van der Waals surface area contributed by atoms with Crippen LogP contribution in [0, 0.1) is 0 Å². The molecule has 0 radical (unpaired) electrons. The maximum Gasteiger partial charge on any atom is 0.416 e. The number of anilines is 2. The first-order valence-electron chi connectivity index (χ1n) is 8.51. The molecule has 27 heavy (non-hydrogen) atoms. The number of nitrogens with one attached hydrogen (secondary N) is 1. The normalized spacial score (nSPS) is 15.6. The molecule has 0 bridgehead atoms. The number of benzene rings is 1. The van der Waals surface area contributed by atoms with Crippen LogP contribution >= 0.6 is 0 Å². The van der Waals surface area contributed by atoms with E-state index in [4.69, 9.17) is 10.2 Å². The minimum absolute atomic E-state index is 0.0100. The van der Waals surface area contributed by atoms with Crippen LogP contribution in [-0.2, 0) is 15.8 Å². The van der Waals surface area contributed by atoms with Crippen LogP contribution in [0.25, 0.3) is 0 Å². The number of piperazine rings is 1. The minimum atomic E-state index is -4.56. The summed E-state index contributed by atoms with van der Waals surface area (Å²) in [5.74, 6) is -1.81. The molecule has 0 unspecified atom stereocenters. The molecule has 1 heterocycles. The Morgan fingerprint density at radius 3 is 2.33 bits per heavy atom. The lowest BCUT2D eigenvalue weighted by molar-refractivity contribution is -0.138. The van der Waals surface area contributed by atoms with Crippen molar-refractivity contribution in [2.75, 3.05) is 49.5 Å². The maximum atomic E-state index is 13.0. The van der Waals surface area contributed by atoms with Crippen LogP contribution in [0.2, 0.25) is 0 Å². The molecule has 0 saturated carbocycles. The van der Waals surface area contributed by atoms with Gasteiger partial charge in [0.15, 0.2) is 0 Å². The summed E-state index contributed by atoms with van der Waals surface area (Å²) in [5, 5.41) is 20.1. The molecule has 7 nitrogen and oxygen atoms in total. The van der Waals surface area contributed by atoms with Gasteiger partial charge in [0.25, 0.3) is 0 Å². The highest BCUT2D eigenvalue weighted by atomic mass is 19.4. The third kappa shape index (κ3) is 6.10. The second kappa shape index (κ2) is 9.05. The Morgan fingerprint density at radius 2 is 1.78 bits per heavy atom. The summed E-state index contributed by atoms with van der Waals surface area (Å²) in [6, 6.07) is 3.15. The standard InChI is InChI=1S/C17H22F3N3O4/c18-17(19,20)12-1-2-14(23-7-5-22(6-8-23)9-10-24)13(11-12)21-15(25)3-4-16(26)27/h1-2,11,24H,3-10H2,(H,21,25)(H,26,27). The van der Waals surface area contributed by atoms with Crippen molar-refractivity contribution in [1.29, 1.82) is 0 Å². The summed E-state index contributed by atoms with van der Waals surface area (Å²) in [4.78, 5) is 26.4. The Kier molecular flexibility index (Phi) is 7.03. The van der Waals surface area contributed by atoms with Crippen molar-refractivity contribution in [3.63, 3.8) is 0 Å². The molecule has 150 valence electrons. The number of aliphatic hydroxyl groups excluding tert-OH is 1. The smallest absolute Gasteiger partial charge is 0.416 e. The van der Waals surface area contributed by atoms with Gasteiger partial charge < -0.3 is 20.4 Å². The molecule has 1 aromatic rings. The fourth-order valence-corrected chi connectivity index (χ4v) is 2.88. The first kappa shape index (κ1) is 21.0. The van der Waals surface area contributed by atoms with E-state index in [1.165, 1.54) is 6.07 Å². The maximum absolute atomic E-state index is 13.0. The van der Waals surface area contributed by atoms with Gasteiger partial charge in [0, 0.05) is 39.1 Å². The zero-order chi connectivity index (χ0) is 20.0. The van der Waals surface area contributed by atoms with Gasteiger partial charge in [-0.2, -0.15) is 13.2 Å². The number of carbonyl (C=O) groups excluding carboxylic acids is 1. The Labute approximate surface area is 154 Å². The number of hydrogen-bond acceptors (Lipinski definition) is 5. The summed E-state index contributed by atoms with van der Waals surface area (Å²) in [7, 11) is 0. The van der Waals surface area contributed by atoms with E-state index in [-0.39, 0.29) is 18.7 Å². The van der Waals surface area contributed by atoms with E-state index in [9.17, 15) is 22.8 Å². The lowest BCUT2D eigenvalue weighted by atomic mass is 10.1. The van der Waals surface area contributed by atoms with Gasteiger partial charge in [0.1, 0.15) is 0 Å². The van der Waals surface area contributed by atoms with Gasteiger partial charge >= 0.3 is 12.1 Å². The molecule has 1 amide bonds. The summed E-state index contributed by atoms with van der Waals surface area (Å²) in [6.45, 7) is 2.89. The number of hydrogen-bond donors (Lipinski definition) is 3. The molecule has 2 rings (SSSR count). The molecule has 3 N–H and O–H groups in total. The zero-order valence-corrected chi connectivity index (χ0v) is 14.6. The van der Waals surface area contributed by atoms with Crippen molar-refractivity contribution in [3.8, 4) is 0 Å². The Morgan fingerprint density at radius 1 is 1.11 bits per heavy atom. The number of carboxylic acids is 1. The third-order valence-electron chi connectivity index (χ3n) is 4.29. The predicted molar refractivity (Wildman–Crippen MR) is 92.7 cm³/mol. The van der Waals surface area contributed by atoms with E-state index in [0.29, 0.717) is 38.4 Å². The van der Waals surface area contributed by atoms with Crippen LogP contribution in [0.5, 0.6) is 0 Å². The number of alkyl halides is 3. The number of β-amino-alcohol motifs (C(OH)–C–C–N with tert-alkyl or cyclic N) is 1. The number of carbonyl (C=O) groups is 2. The SMILES string of the molecule is O=C(O)CCC(=O)Nc1cc(C(F)(F)F)ccc1N1CCN(CCO)CC1. The second-order valence-electron chi connectivity index (χ2n) is 6.22. The largest absolute Gasteiger partial charge is 0.481 e. The monoisotopic (exact) mass is 389 g/mol. The van der Waals surface area contributed by atoms with Crippen LogP contribution in [0.1, 0.15) is 18.4 Å². The highest BCUT2D eigenvalue weighted by Crippen LogP contribution is 2.36. The highest BCUT2D eigenvalue weighted by molar-refractivity contribution is 5.95. The lowest BCUT2D eigenvalue weighted by Gasteiger charge is -2.36. The van der Waals surface area contributed by atoms with Gasteiger partial charge in [-0.3, -0.25) is 14.5 Å². The minimum Gasteiger partial charge on any atom is -0.481 e. The quantitative estimate of drug-likeness (QED) is 0.656. The average Bonchev–Trinajstić information content (AvgIpc) is 2.60. The van der Waals surface area contributed by atoms with Gasteiger partial charge in [-0.25, -0.2) is 0 Å². The number of carboxylic acid groups (broad SMARTS) is 1. The van der Waals surface area contributed by atoms with Crippen LogP contribution in [-0.4, -0.2) is 66.3 Å². The van der Waals surface area contributed by atoms with E-state index in [1.807, 2.05) is 9.80 Å². The summed E-state index contributed by atoms with van der Waals surface area (Å²) >= 11 is 0. The van der Waals surface area contributed by atoms with Gasteiger partial charge in [0.05, 0.1) is 30.0 Å². The third-order valence-corrected chi connectivity index (χ3v) is 4.29.